The molecule has 3 aromatic carbocycles. The minimum Gasteiger partial charge on any atom is -0.497 e. The van der Waals surface area contributed by atoms with Crippen LogP contribution in [0.15, 0.2) is 84.0 Å². The van der Waals surface area contributed by atoms with Gasteiger partial charge in [-0.2, -0.15) is 5.10 Å². The maximum absolute atomic E-state index is 10.7. The third-order valence-electron chi connectivity index (χ3n) is 5.32. The molecule has 0 saturated heterocycles. The van der Waals surface area contributed by atoms with Crippen molar-refractivity contribution in [3.63, 3.8) is 0 Å². The highest BCUT2D eigenvalue weighted by Gasteiger charge is 2.29. The molecule has 158 valence electrons. The van der Waals surface area contributed by atoms with E-state index in [1.165, 1.54) is 5.56 Å². The minimum atomic E-state index is -0.810. The van der Waals surface area contributed by atoms with Crippen LogP contribution >= 0.6 is 0 Å². The Morgan fingerprint density at radius 2 is 1.77 bits per heavy atom. The monoisotopic (exact) mass is 415 g/mol. The first-order valence-corrected chi connectivity index (χ1v) is 10.3. The van der Waals surface area contributed by atoms with Crippen LogP contribution in [0.1, 0.15) is 30.0 Å². The lowest BCUT2D eigenvalue weighted by atomic mass is 9.98. The second-order valence-electron chi connectivity index (χ2n) is 7.37. The van der Waals surface area contributed by atoms with E-state index in [1.807, 2.05) is 54.6 Å². The van der Waals surface area contributed by atoms with E-state index in [9.17, 15) is 4.79 Å². The van der Waals surface area contributed by atoms with Crippen LogP contribution in [0.3, 0.4) is 0 Å². The first-order valence-electron chi connectivity index (χ1n) is 10.3. The van der Waals surface area contributed by atoms with Gasteiger partial charge in [-0.05, 0) is 47.5 Å². The first-order chi connectivity index (χ1) is 15.1. The van der Waals surface area contributed by atoms with Crippen LogP contribution in [-0.2, 0) is 4.79 Å². The van der Waals surface area contributed by atoms with E-state index in [0.29, 0.717) is 6.54 Å². The Bertz CT molecular complexity index is 1050. The normalized spacial score (nSPS) is 15.5. The molecule has 6 nitrogen and oxygen atoms in total. The molecule has 31 heavy (non-hydrogen) atoms. The Balaban J connectivity index is 1.57. The number of rotatable bonds is 8. The molecule has 0 radical (unpaired) electrons. The Labute approximate surface area is 181 Å². The number of hydrogen-bond acceptors (Lipinski definition) is 5. The Morgan fingerprint density at radius 3 is 2.42 bits per heavy atom. The highest BCUT2D eigenvalue weighted by molar-refractivity contribution is 6.03. The third-order valence-corrected chi connectivity index (χ3v) is 5.32. The number of methoxy groups -OCH3 is 1. The van der Waals surface area contributed by atoms with E-state index in [-0.39, 0.29) is 12.5 Å². The molecule has 0 fully saturated rings. The van der Waals surface area contributed by atoms with E-state index < -0.39 is 5.97 Å². The second-order valence-corrected chi connectivity index (χ2v) is 7.37. The average molecular weight is 415 g/mol. The zero-order valence-electron chi connectivity index (χ0n) is 17.4. The molecule has 0 spiro atoms. The molecule has 1 atom stereocenters. The number of benzene rings is 3. The number of carboxylic acids is 1. The van der Waals surface area contributed by atoms with Gasteiger partial charge in [-0.25, -0.2) is 0 Å². The quantitative estimate of drug-likeness (QED) is 0.545. The summed E-state index contributed by atoms with van der Waals surface area (Å²) in [6.45, 7) is 0.400. The zero-order chi connectivity index (χ0) is 21.6. The number of hydrogen-bond donors (Lipinski definition) is 2. The molecule has 4 rings (SSSR count). The SMILES string of the molecule is COc1ccc(C2CC(c3ccc(NCCC(=O)O)cc3)=NN2c2ccccc2)cc1. The maximum atomic E-state index is 10.7. The van der Waals surface area contributed by atoms with E-state index in [2.05, 4.69) is 34.6 Å². The van der Waals surface area contributed by atoms with Gasteiger partial charge in [-0.15, -0.1) is 0 Å². The van der Waals surface area contributed by atoms with Crippen LogP contribution in [0.5, 0.6) is 5.75 Å². The molecule has 2 N–H and O–H groups in total. The number of nitrogens with zero attached hydrogens (tertiary/aromatic N) is 2. The van der Waals surface area contributed by atoms with Gasteiger partial charge in [0.15, 0.2) is 0 Å². The van der Waals surface area contributed by atoms with E-state index in [0.717, 1.165) is 34.8 Å². The summed E-state index contributed by atoms with van der Waals surface area (Å²) in [5.41, 5.74) is 5.19. The summed E-state index contributed by atoms with van der Waals surface area (Å²) in [4.78, 5) is 10.7. The fourth-order valence-corrected chi connectivity index (χ4v) is 3.68. The molecule has 1 unspecified atom stereocenters. The number of anilines is 2. The van der Waals surface area contributed by atoms with E-state index in [1.54, 1.807) is 7.11 Å². The first kappa shape index (κ1) is 20.5. The predicted octanol–water partition coefficient (Wildman–Crippen LogP) is 4.94. The molecule has 0 aromatic heterocycles. The smallest absolute Gasteiger partial charge is 0.305 e. The van der Waals surface area contributed by atoms with Crippen LogP contribution in [0, 0.1) is 0 Å². The number of nitrogens with one attached hydrogen (secondary N) is 1. The van der Waals surface area contributed by atoms with Crippen molar-refractivity contribution < 1.29 is 14.6 Å². The second kappa shape index (κ2) is 9.34. The highest BCUT2D eigenvalue weighted by Crippen LogP contribution is 2.37. The molecular formula is C25H25N3O3. The van der Waals surface area contributed by atoms with Gasteiger partial charge in [0, 0.05) is 18.7 Å². The summed E-state index contributed by atoms with van der Waals surface area (Å²) in [5.74, 6) is 0.0233. The van der Waals surface area contributed by atoms with Gasteiger partial charge in [0.25, 0.3) is 0 Å². The van der Waals surface area contributed by atoms with Crippen LogP contribution in [-0.4, -0.2) is 30.4 Å². The van der Waals surface area contributed by atoms with Crippen LogP contribution in [0.2, 0.25) is 0 Å². The molecule has 1 heterocycles. The van der Waals surface area contributed by atoms with E-state index in [4.69, 9.17) is 14.9 Å². The number of aliphatic carboxylic acids is 1. The molecule has 0 bridgehead atoms. The summed E-state index contributed by atoms with van der Waals surface area (Å²) < 4.78 is 5.31. The molecular weight excluding hydrogens is 390 g/mol. The Kier molecular flexibility index (Phi) is 6.17. The van der Waals surface area contributed by atoms with Crippen molar-refractivity contribution in [2.45, 2.75) is 18.9 Å². The van der Waals surface area contributed by atoms with Gasteiger partial charge < -0.3 is 15.2 Å². The van der Waals surface area contributed by atoms with Crippen molar-refractivity contribution in [1.82, 2.24) is 0 Å². The number of carboxylic acid groups (broad SMARTS) is 1. The lowest BCUT2D eigenvalue weighted by Crippen LogP contribution is -2.18. The van der Waals surface area contributed by atoms with Crippen molar-refractivity contribution in [1.29, 1.82) is 0 Å². The van der Waals surface area contributed by atoms with Crippen LogP contribution in [0.25, 0.3) is 0 Å². The van der Waals surface area contributed by atoms with Crippen LogP contribution in [0.4, 0.5) is 11.4 Å². The number of carbonyl (C=O) groups is 1. The van der Waals surface area contributed by atoms with Gasteiger partial charge in [0.2, 0.25) is 0 Å². The minimum absolute atomic E-state index is 0.0873. The lowest BCUT2D eigenvalue weighted by molar-refractivity contribution is -0.136. The fourth-order valence-electron chi connectivity index (χ4n) is 3.68. The van der Waals surface area contributed by atoms with Gasteiger partial charge in [-0.1, -0.05) is 42.5 Å². The standard InChI is InChI=1S/C25H25N3O3/c1-31-22-13-9-19(10-14-22)24-17-23(27-28(24)21-5-3-2-4-6-21)18-7-11-20(12-8-18)26-16-15-25(29)30/h2-14,24,26H,15-17H2,1H3,(H,29,30). The third kappa shape index (κ3) is 4.86. The van der Waals surface area contributed by atoms with Gasteiger partial charge >= 0.3 is 5.97 Å². The molecule has 0 amide bonds. The topological polar surface area (TPSA) is 74.2 Å². The molecule has 0 saturated carbocycles. The molecule has 1 aliphatic rings. The van der Waals surface area contributed by atoms with Crippen molar-refractivity contribution in [3.8, 4) is 5.75 Å². The highest BCUT2D eigenvalue weighted by atomic mass is 16.5. The van der Waals surface area contributed by atoms with Crippen molar-refractivity contribution in [3.05, 3.63) is 90.0 Å². The van der Waals surface area contributed by atoms with Crippen molar-refractivity contribution >= 4 is 23.1 Å². The zero-order valence-corrected chi connectivity index (χ0v) is 17.4. The number of para-hydroxylation sites is 1. The molecule has 3 aromatic rings. The van der Waals surface area contributed by atoms with Crippen molar-refractivity contribution in [2.24, 2.45) is 5.10 Å². The van der Waals surface area contributed by atoms with Crippen molar-refractivity contribution in [2.75, 3.05) is 24.0 Å². The lowest BCUT2D eigenvalue weighted by Gasteiger charge is -2.24. The number of ether oxygens (including phenoxy) is 1. The fraction of sp³-hybridized carbons (Fsp3) is 0.200. The molecule has 1 aliphatic heterocycles. The summed E-state index contributed by atoms with van der Waals surface area (Å²) in [6.07, 6.45) is 0.872. The van der Waals surface area contributed by atoms with Gasteiger partial charge in [0.05, 0.1) is 31.0 Å². The van der Waals surface area contributed by atoms with Gasteiger partial charge in [-0.3, -0.25) is 9.80 Å². The average Bonchev–Trinajstić information content (AvgIpc) is 3.25. The Morgan fingerprint density at radius 1 is 1.06 bits per heavy atom. The summed E-state index contributed by atoms with van der Waals surface area (Å²) in [7, 11) is 1.67. The molecule has 6 heteroatoms. The summed E-state index contributed by atoms with van der Waals surface area (Å²) in [6, 6.07) is 26.4. The number of hydrazone groups is 1. The van der Waals surface area contributed by atoms with Gasteiger partial charge in [0.1, 0.15) is 5.75 Å². The largest absolute Gasteiger partial charge is 0.497 e. The summed E-state index contributed by atoms with van der Waals surface area (Å²) >= 11 is 0. The Hall–Kier alpha value is -3.80. The molecule has 0 aliphatic carbocycles. The van der Waals surface area contributed by atoms with E-state index >= 15 is 0 Å². The van der Waals surface area contributed by atoms with Crippen LogP contribution < -0.4 is 15.1 Å². The maximum Gasteiger partial charge on any atom is 0.305 e. The summed E-state index contributed by atoms with van der Waals surface area (Å²) in [5, 5.41) is 19.0. The predicted molar refractivity (Wildman–Crippen MR) is 123 cm³/mol.